The fourth-order valence-corrected chi connectivity index (χ4v) is 4.44. The Hall–Kier alpha value is -2.78. The summed E-state index contributed by atoms with van der Waals surface area (Å²) in [4.78, 5) is 36.9. The van der Waals surface area contributed by atoms with Crippen LogP contribution < -0.4 is 21.1 Å². The number of carbonyl (C=O) groups is 3. The van der Waals surface area contributed by atoms with E-state index in [1.165, 1.54) is 13.2 Å². The summed E-state index contributed by atoms with van der Waals surface area (Å²) in [5.41, 5.74) is 7.69. The second-order valence-corrected chi connectivity index (χ2v) is 9.21. The Morgan fingerprint density at radius 3 is 2.42 bits per heavy atom. The highest BCUT2D eigenvalue weighted by molar-refractivity contribution is 9.10. The van der Waals surface area contributed by atoms with Crippen LogP contribution in [0.4, 0.5) is 11.4 Å². The first-order chi connectivity index (χ1) is 15.7. The number of nitrogen functional groups attached to an aromatic ring is 1. The number of halogens is 2. The van der Waals surface area contributed by atoms with Crippen LogP contribution in [-0.4, -0.2) is 30.0 Å². The quantitative estimate of drug-likeness (QED) is 0.385. The molecule has 0 radical (unpaired) electrons. The standard InChI is InChI=1S/C23H25BrClN3O5/c1-33-20-7-2-12(8-17(20)25)11-27-22(30)15-9-16(24)18(26)10-19(15)28-21(29)13-3-5-14(6-4-13)23(31)32/h2,7-10,13-14H,3-6,11,26H2,1H3,(H,27,30)(H,28,29)(H,31,32)/t13-,14-. The highest BCUT2D eigenvalue weighted by atomic mass is 79.9. The van der Waals surface area contributed by atoms with Gasteiger partial charge in [-0.2, -0.15) is 0 Å². The normalized spacial score (nSPS) is 17.8. The maximum Gasteiger partial charge on any atom is 0.306 e. The van der Waals surface area contributed by atoms with Crippen molar-refractivity contribution in [1.82, 2.24) is 5.32 Å². The topological polar surface area (TPSA) is 131 Å². The second kappa shape index (κ2) is 10.9. The molecule has 1 fully saturated rings. The summed E-state index contributed by atoms with van der Waals surface area (Å²) in [5.74, 6) is -1.67. The van der Waals surface area contributed by atoms with Crippen LogP contribution in [0.25, 0.3) is 0 Å². The summed E-state index contributed by atoms with van der Waals surface area (Å²) >= 11 is 9.47. The molecule has 0 atom stereocenters. The van der Waals surface area contributed by atoms with Crippen molar-refractivity contribution in [2.75, 3.05) is 18.2 Å². The van der Waals surface area contributed by atoms with E-state index < -0.39 is 17.8 Å². The van der Waals surface area contributed by atoms with Crippen LogP contribution in [0, 0.1) is 11.8 Å². The number of rotatable bonds is 7. The molecule has 33 heavy (non-hydrogen) atoms. The summed E-state index contributed by atoms with van der Waals surface area (Å²) in [5, 5.41) is 15.2. The molecule has 0 spiro atoms. The van der Waals surface area contributed by atoms with E-state index >= 15 is 0 Å². The van der Waals surface area contributed by atoms with Gasteiger partial charge in [0.05, 0.1) is 29.3 Å². The van der Waals surface area contributed by atoms with Crippen molar-refractivity contribution in [2.45, 2.75) is 32.2 Å². The molecular weight excluding hydrogens is 514 g/mol. The molecule has 10 heteroatoms. The lowest BCUT2D eigenvalue weighted by atomic mass is 9.81. The van der Waals surface area contributed by atoms with Crippen LogP contribution in [0.3, 0.4) is 0 Å². The van der Waals surface area contributed by atoms with E-state index in [9.17, 15) is 14.4 Å². The zero-order chi connectivity index (χ0) is 24.1. The molecule has 176 valence electrons. The first-order valence-corrected chi connectivity index (χ1v) is 11.6. The van der Waals surface area contributed by atoms with Crippen LogP contribution >= 0.6 is 27.5 Å². The predicted octanol–water partition coefficient (Wildman–Crippen LogP) is 4.45. The van der Waals surface area contributed by atoms with E-state index in [1.54, 1.807) is 24.3 Å². The van der Waals surface area contributed by atoms with Gasteiger partial charge in [-0.05, 0) is 71.4 Å². The number of benzene rings is 2. The summed E-state index contributed by atoms with van der Waals surface area (Å²) in [6.07, 6.45) is 1.87. The number of carbonyl (C=O) groups excluding carboxylic acids is 2. The number of nitrogens with one attached hydrogen (secondary N) is 2. The highest BCUT2D eigenvalue weighted by Gasteiger charge is 2.30. The molecule has 0 heterocycles. The van der Waals surface area contributed by atoms with E-state index in [4.69, 9.17) is 27.2 Å². The highest BCUT2D eigenvalue weighted by Crippen LogP contribution is 2.32. The van der Waals surface area contributed by atoms with E-state index in [0.29, 0.717) is 52.3 Å². The molecule has 0 unspecified atom stereocenters. The lowest BCUT2D eigenvalue weighted by Gasteiger charge is -2.25. The number of hydrogen-bond acceptors (Lipinski definition) is 5. The average molecular weight is 539 g/mol. The largest absolute Gasteiger partial charge is 0.495 e. The van der Waals surface area contributed by atoms with Gasteiger partial charge < -0.3 is 26.2 Å². The van der Waals surface area contributed by atoms with Gasteiger partial charge in [0.15, 0.2) is 0 Å². The van der Waals surface area contributed by atoms with Crippen molar-refractivity contribution < 1.29 is 24.2 Å². The van der Waals surface area contributed by atoms with Crippen molar-refractivity contribution in [3.63, 3.8) is 0 Å². The van der Waals surface area contributed by atoms with Gasteiger partial charge >= 0.3 is 5.97 Å². The molecule has 0 aliphatic heterocycles. The van der Waals surface area contributed by atoms with Gasteiger partial charge in [0.2, 0.25) is 5.91 Å². The monoisotopic (exact) mass is 537 g/mol. The molecule has 1 saturated carbocycles. The maximum atomic E-state index is 12.9. The third-order valence-electron chi connectivity index (χ3n) is 5.76. The summed E-state index contributed by atoms with van der Waals surface area (Å²) in [6, 6.07) is 8.30. The van der Waals surface area contributed by atoms with Gasteiger partial charge in [0, 0.05) is 22.6 Å². The second-order valence-electron chi connectivity index (χ2n) is 7.95. The van der Waals surface area contributed by atoms with E-state index in [-0.39, 0.29) is 23.9 Å². The minimum Gasteiger partial charge on any atom is -0.495 e. The number of hydrogen-bond donors (Lipinski definition) is 4. The molecule has 1 aliphatic rings. The molecule has 0 aromatic heterocycles. The van der Waals surface area contributed by atoms with Gasteiger partial charge in [0.25, 0.3) is 5.91 Å². The van der Waals surface area contributed by atoms with E-state index in [2.05, 4.69) is 26.6 Å². The average Bonchev–Trinajstić information content (AvgIpc) is 2.79. The van der Waals surface area contributed by atoms with Crippen molar-refractivity contribution in [1.29, 1.82) is 0 Å². The van der Waals surface area contributed by atoms with Crippen molar-refractivity contribution in [3.05, 3.63) is 51.0 Å². The molecule has 8 nitrogen and oxygen atoms in total. The Kier molecular flexibility index (Phi) is 8.20. The smallest absolute Gasteiger partial charge is 0.306 e. The van der Waals surface area contributed by atoms with Crippen molar-refractivity contribution in [2.24, 2.45) is 11.8 Å². The first-order valence-electron chi connectivity index (χ1n) is 10.4. The minimum atomic E-state index is -0.827. The summed E-state index contributed by atoms with van der Waals surface area (Å²) in [7, 11) is 1.52. The third-order valence-corrected chi connectivity index (χ3v) is 6.74. The number of carboxylic acid groups (broad SMARTS) is 1. The lowest BCUT2D eigenvalue weighted by Crippen LogP contribution is -2.31. The van der Waals surface area contributed by atoms with Gasteiger partial charge in [-0.25, -0.2) is 0 Å². The minimum absolute atomic E-state index is 0.219. The molecule has 3 rings (SSSR count). The summed E-state index contributed by atoms with van der Waals surface area (Å²) in [6.45, 7) is 0.219. The number of methoxy groups -OCH3 is 1. The Balaban J connectivity index is 1.71. The molecule has 2 amide bonds. The molecule has 0 bridgehead atoms. The number of anilines is 2. The van der Waals surface area contributed by atoms with Gasteiger partial charge in [-0.15, -0.1) is 0 Å². The zero-order valence-corrected chi connectivity index (χ0v) is 20.3. The van der Waals surface area contributed by atoms with E-state index in [1.807, 2.05) is 0 Å². The van der Waals surface area contributed by atoms with Gasteiger partial charge in [0.1, 0.15) is 5.75 Å². The Labute approximate surface area is 204 Å². The first kappa shape index (κ1) is 24.9. The number of aliphatic carboxylic acids is 1. The molecular formula is C23H25BrClN3O5. The molecule has 2 aromatic carbocycles. The fourth-order valence-electron chi connectivity index (χ4n) is 3.82. The van der Waals surface area contributed by atoms with Crippen LogP contribution in [-0.2, 0) is 16.1 Å². The van der Waals surface area contributed by atoms with Gasteiger partial charge in [-0.3, -0.25) is 14.4 Å². The van der Waals surface area contributed by atoms with Crippen LogP contribution in [0.15, 0.2) is 34.8 Å². The number of ether oxygens (including phenoxy) is 1. The van der Waals surface area contributed by atoms with Crippen LogP contribution in [0.5, 0.6) is 5.75 Å². The van der Waals surface area contributed by atoms with Crippen molar-refractivity contribution in [3.8, 4) is 5.75 Å². The number of amides is 2. The Morgan fingerprint density at radius 1 is 1.15 bits per heavy atom. The third kappa shape index (κ3) is 6.17. The molecule has 5 N–H and O–H groups in total. The van der Waals surface area contributed by atoms with Gasteiger partial charge in [-0.1, -0.05) is 17.7 Å². The molecule has 0 saturated heterocycles. The predicted molar refractivity (Wildman–Crippen MR) is 129 cm³/mol. The van der Waals surface area contributed by atoms with E-state index in [0.717, 1.165) is 5.56 Å². The maximum absolute atomic E-state index is 12.9. The summed E-state index contributed by atoms with van der Waals surface area (Å²) < 4.78 is 5.66. The SMILES string of the molecule is COc1ccc(CNC(=O)c2cc(Br)c(N)cc2NC(=O)[C@H]2CC[C@H](C(=O)O)CC2)cc1Cl. The number of nitrogens with two attached hydrogens (primary N) is 1. The zero-order valence-electron chi connectivity index (χ0n) is 18.0. The number of carboxylic acids is 1. The van der Waals surface area contributed by atoms with Crippen molar-refractivity contribution >= 4 is 56.7 Å². The Bertz CT molecular complexity index is 1070. The fraction of sp³-hybridized carbons (Fsp3) is 0.348. The molecule has 2 aromatic rings. The lowest BCUT2D eigenvalue weighted by molar-refractivity contribution is -0.143. The van der Waals surface area contributed by atoms with Crippen LogP contribution in [0.1, 0.15) is 41.6 Å². The molecule has 1 aliphatic carbocycles. The van der Waals surface area contributed by atoms with Crippen LogP contribution in [0.2, 0.25) is 5.02 Å². The Morgan fingerprint density at radius 2 is 1.82 bits per heavy atom.